The summed E-state index contributed by atoms with van der Waals surface area (Å²) in [4.78, 5) is 9.85. The predicted octanol–water partition coefficient (Wildman–Crippen LogP) is 1.82. The van der Waals surface area contributed by atoms with E-state index < -0.39 is 4.92 Å². The summed E-state index contributed by atoms with van der Waals surface area (Å²) in [5.74, 6) is 0. The molecule has 0 saturated carbocycles. The second-order valence-electron chi connectivity index (χ2n) is 4.07. The zero-order chi connectivity index (χ0) is 14.7. The van der Waals surface area contributed by atoms with Gasteiger partial charge in [-0.1, -0.05) is 12.1 Å². The lowest BCUT2D eigenvalue weighted by Gasteiger charge is -1.87. The van der Waals surface area contributed by atoms with Gasteiger partial charge >= 0.3 is 0 Å². The van der Waals surface area contributed by atoms with Gasteiger partial charge in [-0.25, -0.2) is 0 Å². The van der Waals surface area contributed by atoms with Crippen LogP contribution in [0.2, 0.25) is 0 Å². The van der Waals surface area contributed by atoms with Gasteiger partial charge in [0.15, 0.2) is 0 Å². The lowest BCUT2D eigenvalue weighted by Crippen LogP contribution is -1.86. The van der Waals surface area contributed by atoms with Crippen LogP contribution in [0.25, 0.3) is 22.1 Å². The standard InChI is InChI=1S/C6H4N4O2.C6H5N3/c11-10(12)4-1-2-5-6(3-4)8-9-7-5;1-2-4-6-5(3-1)7-9-8-6/h1-3H,(H,7,8,9);1-4H,(H,7,8,9). The van der Waals surface area contributed by atoms with Gasteiger partial charge in [0.05, 0.1) is 4.92 Å². The molecule has 2 N–H and O–H groups in total. The zero-order valence-corrected chi connectivity index (χ0v) is 10.6. The van der Waals surface area contributed by atoms with E-state index in [0.717, 1.165) is 11.0 Å². The van der Waals surface area contributed by atoms with Crippen molar-refractivity contribution in [3.8, 4) is 0 Å². The Morgan fingerprint density at radius 3 is 1.90 bits per heavy atom. The highest BCUT2D eigenvalue weighted by Gasteiger charge is 2.07. The number of hydrogen-bond donors (Lipinski definition) is 2. The van der Waals surface area contributed by atoms with Crippen LogP contribution in [0, 0.1) is 10.1 Å². The molecule has 0 atom stereocenters. The van der Waals surface area contributed by atoms with Gasteiger partial charge in [-0.05, 0) is 18.2 Å². The van der Waals surface area contributed by atoms with Crippen LogP contribution in [0.3, 0.4) is 0 Å². The van der Waals surface area contributed by atoms with E-state index >= 15 is 0 Å². The van der Waals surface area contributed by atoms with Crippen molar-refractivity contribution in [3.63, 3.8) is 0 Å². The second-order valence-corrected chi connectivity index (χ2v) is 4.07. The summed E-state index contributed by atoms with van der Waals surface area (Å²) < 4.78 is 0. The predicted molar refractivity (Wildman–Crippen MR) is 74.4 cm³/mol. The average molecular weight is 283 g/mol. The Morgan fingerprint density at radius 1 is 0.810 bits per heavy atom. The number of non-ortho nitro benzene ring substituents is 1. The topological polar surface area (TPSA) is 126 Å². The van der Waals surface area contributed by atoms with Gasteiger partial charge in [0, 0.05) is 12.1 Å². The third kappa shape index (κ3) is 2.66. The first kappa shape index (κ1) is 12.7. The summed E-state index contributed by atoms with van der Waals surface area (Å²) in [6.07, 6.45) is 0. The van der Waals surface area contributed by atoms with Crippen LogP contribution in [0.15, 0.2) is 42.5 Å². The van der Waals surface area contributed by atoms with Crippen molar-refractivity contribution in [1.82, 2.24) is 30.8 Å². The molecule has 0 radical (unpaired) electrons. The average Bonchev–Trinajstić information content (AvgIpc) is 3.15. The largest absolute Gasteiger partial charge is 0.271 e. The van der Waals surface area contributed by atoms with E-state index in [0.29, 0.717) is 11.0 Å². The number of rotatable bonds is 1. The number of nitrogens with zero attached hydrogens (tertiary/aromatic N) is 5. The maximum atomic E-state index is 10.3. The van der Waals surface area contributed by atoms with Crippen molar-refractivity contribution in [2.24, 2.45) is 0 Å². The van der Waals surface area contributed by atoms with Crippen molar-refractivity contribution in [2.45, 2.75) is 0 Å². The highest BCUT2D eigenvalue weighted by Crippen LogP contribution is 2.16. The SMILES string of the molecule is O=[N+]([O-])c1ccc2n[nH]nc2c1.c1ccc2n[nH]nc2c1. The van der Waals surface area contributed by atoms with Crippen molar-refractivity contribution < 1.29 is 4.92 Å². The van der Waals surface area contributed by atoms with Gasteiger partial charge in [0.2, 0.25) is 0 Å². The van der Waals surface area contributed by atoms with Crippen molar-refractivity contribution in [1.29, 1.82) is 0 Å². The van der Waals surface area contributed by atoms with Gasteiger partial charge in [0.1, 0.15) is 22.1 Å². The molecule has 0 aliphatic heterocycles. The van der Waals surface area contributed by atoms with Crippen LogP contribution in [0.5, 0.6) is 0 Å². The van der Waals surface area contributed by atoms with Gasteiger partial charge in [-0.15, -0.1) is 0 Å². The Morgan fingerprint density at radius 2 is 1.33 bits per heavy atom. The fourth-order valence-electron chi connectivity index (χ4n) is 1.73. The number of H-pyrrole nitrogens is 2. The van der Waals surface area contributed by atoms with Crippen LogP contribution >= 0.6 is 0 Å². The zero-order valence-electron chi connectivity index (χ0n) is 10.6. The van der Waals surface area contributed by atoms with Crippen LogP contribution in [0.1, 0.15) is 0 Å². The third-order valence-corrected chi connectivity index (χ3v) is 2.73. The van der Waals surface area contributed by atoms with E-state index in [1.165, 1.54) is 12.1 Å². The molecule has 4 aromatic rings. The van der Waals surface area contributed by atoms with Crippen molar-refractivity contribution in [2.75, 3.05) is 0 Å². The molecule has 0 fully saturated rings. The van der Waals surface area contributed by atoms with Crippen LogP contribution in [-0.4, -0.2) is 35.7 Å². The van der Waals surface area contributed by atoms with Crippen LogP contribution < -0.4 is 0 Å². The quantitative estimate of drug-likeness (QED) is 0.405. The molecular formula is C12H9N7O2. The molecule has 9 heteroatoms. The Kier molecular flexibility index (Phi) is 3.21. The molecule has 4 rings (SSSR count). The molecule has 0 spiro atoms. The maximum Gasteiger partial charge on any atom is 0.271 e. The molecule has 0 bridgehead atoms. The summed E-state index contributed by atoms with van der Waals surface area (Å²) in [5, 5.41) is 30.5. The Labute approximate surface area is 117 Å². The molecule has 0 aliphatic carbocycles. The van der Waals surface area contributed by atoms with E-state index in [1.54, 1.807) is 6.07 Å². The van der Waals surface area contributed by atoms with E-state index in [2.05, 4.69) is 30.8 Å². The highest BCUT2D eigenvalue weighted by molar-refractivity contribution is 5.76. The van der Waals surface area contributed by atoms with E-state index in [-0.39, 0.29) is 5.69 Å². The fraction of sp³-hybridized carbons (Fsp3) is 0. The molecule has 9 nitrogen and oxygen atoms in total. The molecule has 2 heterocycles. The number of aromatic nitrogens is 6. The van der Waals surface area contributed by atoms with Gasteiger partial charge in [-0.2, -0.15) is 30.8 Å². The molecule has 2 aromatic heterocycles. The molecule has 104 valence electrons. The number of nitro benzene ring substituents is 1. The molecule has 21 heavy (non-hydrogen) atoms. The Hall–Kier alpha value is -3.36. The number of nitrogens with one attached hydrogen (secondary N) is 2. The number of nitro groups is 1. The lowest BCUT2D eigenvalue weighted by molar-refractivity contribution is -0.384. The van der Waals surface area contributed by atoms with E-state index in [1.807, 2.05) is 24.3 Å². The Bertz CT molecular complexity index is 868. The molecule has 0 unspecified atom stereocenters. The first-order valence-electron chi connectivity index (χ1n) is 5.94. The van der Waals surface area contributed by atoms with Crippen molar-refractivity contribution >= 4 is 27.8 Å². The summed E-state index contributed by atoms with van der Waals surface area (Å²) in [6, 6.07) is 12.0. The molecule has 0 aliphatic rings. The Balaban J connectivity index is 0.000000131. The highest BCUT2D eigenvalue weighted by atomic mass is 16.6. The molecular weight excluding hydrogens is 274 g/mol. The second kappa shape index (κ2) is 5.33. The maximum absolute atomic E-state index is 10.3. The minimum absolute atomic E-state index is 0.0244. The molecule has 0 saturated heterocycles. The van der Waals surface area contributed by atoms with Crippen LogP contribution in [0.4, 0.5) is 5.69 Å². The smallest absolute Gasteiger partial charge is 0.258 e. The van der Waals surface area contributed by atoms with E-state index in [4.69, 9.17) is 0 Å². The summed E-state index contributed by atoms with van der Waals surface area (Å²) in [7, 11) is 0. The monoisotopic (exact) mass is 283 g/mol. The number of hydrogen-bond acceptors (Lipinski definition) is 6. The normalized spacial score (nSPS) is 10.3. The number of benzene rings is 2. The molecule has 2 aromatic carbocycles. The molecule has 0 amide bonds. The third-order valence-electron chi connectivity index (χ3n) is 2.73. The fourth-order valence-corrected chi connectivity index (χ4v) is 1.73. The number of para-hydroxylation sites is 2. The van der Waals surface area contributed by atoms with Gasteiger partial charge in [-0.3, -0.25) is 10.1 Å². The van der Waals surface area contributed by atoms with Gasteiger partial charge < -0.3 is 0 Å². The summed E-state index contributed by atoms with van der Waals surface area (Å²) >= 11 is 0. The first-order valence-corrected chi connectivity index (χ1v) is 5.94. The first-order chi connectivity index (χ1) is 10.2. The van der Waals surface area contributed by atoms with E-state index in [9.17, 15) is 10.1 Å². The summed E-state index contributed by atoms with van der Waals surface area (Å²) in [5.41, 5.74) is 2.98. The summed E-state index contributed by atoms with van der Waals surface area (Å²) in [6.45, 7) is 0. The lowest BCUT2D eigenvalue weighted by atomic mass is 10.3. The minimum Gasteiger partial charge on any atom is -0.258 e. The number of aromatic amines is 2. The minimum atomic E-state index is -0.464. The van der Waals surface area contributed by atoms with Gasteiger partial charge in [0.25, 0.3) is 5.69 Å². The number of fused-ring (bicyclic) bond motifs is 2. The van der Waals surface area contributed by atoms with Crippen molar-refractivity contribution in [3.05, 3.63) is 52.6 Å². The van der Waals surface area contributed by atoms with Crippen LogP contribution in [-0.2, 0) is 0 Å².